The molecule has 3 heteroatoms. The molecule has 3 nitrogen and oxygen atoms in total. The Bertz CT molecular complexity index is 58.7. The molecule has 0 aromatic rings. The summed E-state index contributed by atoms with van der Waals surface area (Å²) in [5, 5.41) is 8.99. The van der Waals surface area contributed by atoms with Crippen molar-refractivity contribution in [1.82, 2.24) is 0 Å². The Balaban J connectivity index is 3.20. The van der Waals surface area contributed by atoms with E-state index in [-0.39, 0.29) is 0 Å². The highest BCUT2D eigenvalue weighted by atomic mass is 16.6. The van der Waals surface area contributed by atoms with Crippen molar-refractivity contribution in [2.75, 3.05) is 0 Å². The highest BCUT2D eigenvalue weighted by Gasteiger charge is 1.81. The summed E-state index contributed by atoms with van der Waals surface area (Å²) in [6.07, 6.45) is 0.389. The fourth-order valence-corrected chi connectivity index (χ4v) is 0. The van der Waals surface area contributed by atoms with Gasteiger partial charge in [-0.1, -0.05) is 0 Å². The lowest BCUT2D eigenvalue weighted by Crippen LogP contribution is -1.77. The van der Waals surface area contributed by atoms with Crippen molar-refractivity contribution in [2.24, 2.45) is 0 Å². The first-order chi connectivity index (χ1) is 2.27. The molecule has 0 N–H and O–H groups in total. The van der Waals surface area contributed by atoms with E-state index in [0.29, 0.717) is 6.20 Å². The van der Waals surface area contributed by atoms with Gasteiger partial charge in [0.15, 0.2) is 0 Å². The Morgan fingerprint density at radius 2 is 2.20 bits per heavy atom. The number of hydrogen-bond donors (Lipinski definition) is 0. The van der Waals surface area contributed by atoms with Crippen LogP contribution in [0.25, 0.3) is 0 Å². The second-order valence-electron chi connectivity index (χ2n) is 0.434. The zero-order valence-electron chi connectivity index (χ0n) is 2.42. The molecule has 0 radical (unpaired) electrons. The third-order valence-electron chi connectivity index (χ3n) is 0.122. The second-order valence-corrected chi connectivity index (χ2v) is 0.434. The maximum atomic E-state index is 8.99. The van der Waals surface area contributed by atoms with Crippen LogP contribution < -0.4 is 0 Å². The van der Waals surface area contributed by atoms with E-state index in [1.807, 2.05) is 0 Å². The molecule has 0 amide bonds. The molecule has 0 saturated heterocycles. The molecule has 5 heavy (non-hydrogen) atoms. The van der Waals surface area contributed by atoms with Gasteiger partial charge in [0.2, 0.25) is 0 Å². The first-order valence-corrected chi connectivity index (χ1v) is 0.957. The molecule has 0 rings (SSSR count). The SMILES string of the molecule is [CH+]=C[N+](=O)[O-]. The molecule has 0 saturated carbocycles. The standard InChI is InChI=1S/C2H2NO2/c1-2-3(4)5/h1-2H/q+1. The van der Waals surface area contributed by atoms with Crippen LogP contribution in [0.4, 0.5) is 0 Å². The quantitative estimate of drug-likeness (QED) is 0.252. The summed E-state index contributed by atoms with van der Waals surface area (Å²) >= 11 is 0. The van der Waals surface area contributed by atoms with Gasteiger partial charge in [-0.25, -0.2) is 0 Å². The lowest BCUT2D eigenvalue weighted by Gasteiger charge is -1.58. The summed E-state index contributed by atoms with van der Waals surface area (Å²) in [4.78, 5) is 8.27. The molecule has 26 valence electrons. The Kier molecular flexibility index (Phi) is 1.12. The highest BCUT2D eigenvalue weighted by molar-refractivity contribution is 4.35. The predicted molar refractivity (Wildman–Crippen MR) is 15.9 cm³/mol. The molecule has 0 aliphatic heterocycles. The molecule has 0 spiro atoms. The molecule has 0 fully saturated rings. The zero-order valence-corrected chi connectivity index (χ0v) is 2.42. The maximum Gasteiger partial charge on any atom is 0.458 e. The van der Waals surface area contributed by atoms with E-state index in [0.717, 1.165) is 0 Å². The topological polar surface area (TPSA) is 43.1 Å². The van der Waals surface area contributed by atoms with E-state index >= 15 is 0 Å². The van der Waals surface area contributed by atoms with E-state index in [1.165, 1.54) is 0 Å². The third kappa shape index (κ3) is 3.05. The summed E-state index contributed by atoms with van der Waals surface area (Å²) in [7, 11) is 0. The number of rotatable bonds is 1. The maximum absolute atomic E-state index is 8.99. The predicted octanol–water partition coefficient (Wildman–Crippen LogP) is 0.210. The Labute approximate surface area is 29.1 Å². The van der Waals surface area contributed by atoms with Gasteiger partial charge in [-0.15, -0.1) is 0 Å². The van der Waals surface area contributed by atoms with Gasteiger partial charge < -0.3 is 0 Å². The monoisotopic (exact) mass is 72.0 g/mol. The molecular weight excluding hydrogens is 70.0 g/mol. The summed E-state index contributed by atoms with van der Waals surface area (Å²) in [6, 6.07) is 0. The van der Waals surface area contributed by atoms with Crippen molar-refractivity contribution in [3.63, 3.8) is 0 Å². The van der Waals surface area contributed by atoms with E-state index in [4.69, 9.17) is 10.1 Å². The summed E-state index contributed by atoms with van der Waals surface area (Å²) in [5.41, 5.74) is 0. The van der Waals surface area contributed by atoms with E-state index in [9.17, 15) is 0 Å². The smallest absolute Gasteiger partial charge is 0.255 e. The summed E-state index contributed by atoms with van der Waals surface area (Å²) < 4.78 is 0. The van der Waals surface area contributed by atoms with Gasteiger partial charge in [0, 0.05) is 0 Å². The second kappa shape index (κ2) is 1.38. The normalized spacial score (nSPS) is 6.20. The van der Waals surface area contributed by atoms with Gasteiger partial charge in [-0.05, 0) is 0 Å². The van der Waals surface area contributed by atoms with Gasteiger partial charge >= 0.3 is 6.20 Å². The highest BCUT2D eigenvalue weighted by Crippen LogP contribution is 1.57. The molecule has 0 unspecified atom stereocenters. The van der Waals surface area contributed by atoms with Crippen molar-refractivity contribution < 1.29 is 4.92 Å². The molecule has 0 aromatic heterocycles. The van der Waals surface area contributed by atoms with Crippen LogP contribution in [0.1, 0.15) is 0 Å². The van der Waals surface area contributed by atoms with Crippen molar-refractivity contribution in [3.05, 3.63) is 22.9 Å². The molecule has 0 bridgehead atoms. The van der Waals surface area contributed by atoms with Crippen LogP contribution in [0, 0.1) is 16.7 Å². The number of nitro groups is 1. The van der Waals surface area contributed by atoms with Crippen LogP contribution in [0.5, 0.6) is 0 Å². The zero-order chi connectivity index (χ0) is 4.28. The van der Waals surface area contributed by atoms with Gasteiger partial charge in [0.05, 0.1) is 0 Å². The van der Waals surface area contributed by atoms with Crippen molar-refractivity contribution in [3.8, 4) is 0 Å². The lowest BCUT2D eigenvalue weighted by molar-refractivity contribution is -0.402. The summed E-state index contributed by atoms with van der Waals surface area (Å²) in [5.74, 6) is 0. The Morgan fingerprint density at radius 1 is 2.00 bits per heavy atom. The van der Waals surface area contributed by atoms with Crippen molar-refractivity contribution >= 4 is 0 Å². The van der Waals surface area contributed by atoms with Gasteiger partial charge in [0.25, 0.3) is 6.58 Å². The Hall–Kier alpha value is -0.950. The van der Waals surface area contributed by atoms with E-state index in [1.54, 1.807) is 0 Å². The van der Waals surface area contributed by atoms with Crippen LogP contribution in [0.2, 0.25) is 0 Å². The van der Waals surface area contributed by atoms with Crippen LogP contribution >= 0.6 is 0 Å². The number of hydrogen-bond acceptors (Lipinski definition) is 2. The van der Waals surface area contributed by atoms with Crippen LogP contribution in [0.3, 0.4) is 0 Å². The van der Waals surface area contributed by atoms with Gasteiger partial charge in [0.1, 0.15) is 4.92 Å². The van der Waals surface area contributed by atoms with Crippen molar-refractivity contribution in [2.45, 2.75) is 0 Å². The van der Waals surface area contributed by atoms with E-state index < -0.39 is 4.92 Å². The molecule has 0 aliphatic carbocycles. The minimum absolute atomic E-state index is 0.389. The molecule has 0 heterocycles. The number of nitrogens with zero attached hydrogens (tertiary/aromatic N) is 1. The van der Waals surface area contributed by atoms with Crippen LogP contribution in [0.15, 0.2) is 6.20 Å². The average Bonchev–Trinajstić information content (AvgIpc) is 1.38. The van der Waals surface area contributed by atoms with Crippen molar-refractivity contribution in [1.29, 1.82) is 0 Å². The largest absolute Gasteiger partial charge is 0.458 e. The van der Waals surface area contributed by atoms with Crippen LogP contribution in [-0.4, -0.2) is 4.92 Å². The van der Waals surface area contributed by atoms with E-state index in [2.05, 4.69) is 6.58 Å². The van der Waals surface area contributed by atoms with Gasteiger partial charge in [-0.3, -0.25) is 10.1 Å². The minimum atomic E-state index is -0.722. The molecule has 0 aromatic carbocycles. The fraction of sp³-hybridized carbons (Fsp3) is 0. The summed E-state index contributed by atoms with van der Waals surface area (Å²) in [6.45, 7) is 4.35. The fourth-order valence-electron chi connectivity index (χ4n) is 0. The van der Waals surface area contributed by atoms with Crippen LogP contribution in [-0.2, 0) is 0 Å². The molecule has 0 aliphatic rings. The van der Waals surface area contributed by atoms with Gasteiger partial charge in [-0.2, -0.15) is 0 Å². The first kappa shape index (κ1) is 4.05. The Morgan fingerprint density at radius 3 is 2.20 bits per heavy atom. The molecular formula is C2H2NO2+. The minimum Gasteiger partial charge on any atom is -0.255 e. The average molecular weight is 72.0 g/mol. The molecule has 0 atom stereocenters. The third-order valence-corrected chi connectivity index (χ3v) is 0.122. The first-order valence-electron chi connectivity index (χ1n) is 0.957. The lowest BCUT2D eigenvalue weighted by atomic mass is 11.1.